The lowest BCUT2D eigenvalue weighted by molar-refractivity contribution is -0.240. The predicted molar refractivity (Wildman–Crippen MR) is 262 cm³/mol. The lowest BCUT2D eigenvalue weighted by Crippen LogP contribution is -2.56. The van der Waals surface area contributed by atoms with Gasteiger partial charge >= 0.3 is 30.1 Å². The number of rotatable bonds is 19. The average Bonchev–Trinajstić information content (AvgIpc) is 3.30. The maximum Gasteiger partial charge on any atom is 0.411 e. The van der Waals surface area contributed by atoms with E-state index in [1.165, 1.54) is 43.5 Å². The summed E-state index contributed by atoms with van der Waals surface area (Å²) in [5.74, 6) is 7.95. The Morgan fingerprint density at radius 1 is 1.00 bits per heavy atom. The van der Waals surface area contributed by atoms with E-state index in [2.05, 4.69) is 29.0 Å². The molecular formula is C50H61N3O18S2. The van der Waals surface area contributed by atoms with Crippen LogP contribution in [0.3, 0.4) is 0 Å². The summed E-state index contributed by atoms with van der Waals surface area (Å²) in [6, 6.07) is 6.32. The first kappa shape index (κ1) is 57.8. The highest BCUT2D eigenvalue weighted by atomic mass is 33.1. The van der Waals surface area contributed by atoms with Gasteiger partial charge in [-0.05, 0) is 64.0 Å². The van der Waals surface area contributed by atoms with Gasteiger partial charge in [-0.3, -0.25) is 29.4 Å². The van der Waals surface area contributed by atoms with E-state index < -0.39 is 95.7 Å². The van der Waals surface area contributed by atoms with E-state index in [1.54, 1.807) is 51.2 Å². The lowest BCUT2D eigenvalue weighted by Gasteiger charge is -2.38. The van der Waals surface area contributed by atoms with Gasteiger partial charge < -0.3 is 58.1 Å². The molecule has 0 spiro atoms. The van der Waals surface area contributed by atoms with Gasteiger partial charge in [-0.1, -0.05) is 63.5 Å². The average molecular weight is 1060 g/mol. The number of aliphatic hydroxyl groups is 2. The Hall–Kier alpha value is -6.05. The number of fused-ring (bicyclic) bond motifs is 2. The van der Waals surface area contributed by atoms with Crippen LogP contribution < -0.4 is 10.1 Å². The van der Waals surface area contributed by atoms with E-state index in [0.717, 1.165) is 21.0 Å². The van der Waals surface area contributed by atoms with Crippen LogP contribution in [0.5, 0.6) is 5.75 Å². The van der Waals surface area contributed by atoms with Gasteiger partial charge in [-0.25, -0.2) is 14.4 Å². The highest BCUT2D eigenvalue weighted by Gasteiger charge is 2.48. The first-order valence-corrected chi connectivity index (χ1v) is 25.5. The van der Waals surface area contributed by atoms with E-state index in [9.17, 15) is 48.9 Å². The number of hydrogen-bond acceptors (Lipinski definition) is 19. The van der Waals surface area contributed by atoms with Crippen molar-refractivity contribution in [3.8, 4) is 29.4 Å². The number of amides is 3. The molecule has 73 heavy (non-hydrogen) atoms. The van der Waals surface area contributed by atoms with Crippen LogP contribution in [0.25, 0.3) is 0 Å². The fourth-order valence-corrected chi connectivity index (χ4v) is 10.3. The van der Waals surface area contributed by atoms with Crippen molar-refractivity contribution in [2.75, 3.05) is 33.1 Å². The number of Topliss-reactive ketones (excluding diaryl/α,β-unsaturated/α-hetero) is 1. The molecule has 9 atom stereocenters. The number of carbonyl (C=O) groups excluding carboxylic acids is 6. The monoisotopic (exact) mass is 1060 g/mol. The highest BCUT2D eigenvalue weighted by molar-refractivity contribution is 8.77. The zero-order valence-electron chi connectivity index (χ0n) is 41.7. The van der Waals surface area contributed by atoms with Crippen LogP contribution in [0.2, 0.25) is 0 Å². The minimum absolute atomic E-state index is 0.0568. The number of carbonyl (C=O) groups is 7. The molecule has 2 heterocycles. The molecule has 2 aliphatic heterocycles. The number of alkyl carbamates (subject to hydrolysis) is 1. The van der Waals surface area contributed by atoms with Crippen LogP contribution in [-0.2, 0) is 63.7 Å². The number of allylic oxidation sites excluding steroid dienone is 3. The largest absolute Gasteiger partial charge is 0.479 e. The maximum absolute atomic E-state index is 13.7. The summed E-state index contributed by atoms with van der Waals surface area (Å²) >= 11 is 0. The van der Waals surface area contributed by atoms with Crippen molar-refractivity contribution in [2.24, 2.45) is 0 Å². The molecule has 1 aromatic carbocycles. The molecular weight excluding hydrogens is 995 g/mol. The minimum atomic E-state index is -2.02. The second kappa shape index (κ2) is 26.2. The number of hydrogen-bond donors (Lipinski definition) is 4. The predicted octanol–water partition coefficient (Wildman–Crippen LogP) is 4.14. The van der Waals surface area contributed by atoms with Gasteiger partial charge in [0.2, 0.25) is 12.2 Å². The molecule has 2 aliphatic carbocycles. The van der Waals surface area contributed by atoms with Crippen molar-refractivity contribution in [1.82, 2.24) is 15.1 Å². The molecule has 0 saturated carbocycles. The fourth-order valence-electron chi connectivity index (χ4n) is 7.99. The number of aliphatic hydroxyl groups excluding tert-OH is 1. The molecule has 21 nitrogen and oxygen atoms in total. The number of carboxylic acid groups (broad SMARTS) is 1. The van der Waals surface area contributed by atoms with Crippen LogP contribution in [0, 0.1) is 23.7 Å². The van der Waals surface area contributed by atoms with Gasteiger partial charge in [0.05, 0.1) is 44.5 Å². The van der Waals surface area contributed by atoms with Crippen molar-refractivity contribution in [3.63, 3.8) is 0 Å². The molecule has 396 valence electrons. The van der Waals surface area contributed by atoms with E-state index in [1.807, 2.05) is 13.8 Å². The number of carboxylic acids is 1. The molecule has 0 radical (unpaired) electrons. The molecule has 3 amide bonds. The number of ketones is 1. The molecule has 0 aromatic heterocycles. The molecule has 23 heteroatoms. The highest BCUT2D eigenvalue weighted by Crippen LogP contribution is 2.42. The summed E-state index contributed by atoms with van der Waals surface area (Å²) in [5, 5.41) is 34.8. The van der Waals surface area contributed by atoms with Gasteiger partial charge in [0.15, 0.2) is 29.9 Å². The van der Waals surface area contributed by atoms with E-state index in [0.29, 0.717) is 12.0 Å². The molecule has 5 rings (SSSR count). The second-order valence-electron chi connectivity index (χ2n) is 17.9. The summed E-state index contributed by atoms with van der Waals surface area (Å²) in [5.41, 5.74) is -1.42. The van der Waals surface area contributed by atoms with Crippen LogP contribution in [0.4, 0.5) is 9.59 Å². The molecule has 2 fully saturated rings. The lowest BCUT2D eigenvalue weighted by atomic mass is 9.75. The number of esters is 2. The molecule has 2 bridgehead atoms. The van der Waals surface area contributed by atoms with Crippen molar-refractivity contribution >= 4 is 63.4 Å². The first-order valence-electron chi connectivity index (χ1n) is 23.2. The van der Waals surface area contributed by atoms with Crippen LogP contribution in [0.15, 0.2) is 59.3 Å². The fraction of sp³-hybridized carbons (Fsp3) is 0.540. The third kappa shape index (κ3) is 16.7. The second-order valence-corrected chi connectivity index (χ2v) is 20.9. The van der Waals surface area contributed by atoms with Crippen molar-refractivity contribution < 1.29 is 86.8 Å². The smallest absolute Gasteiger partial charge is 0.411 e. The van der Waals surface area contributed by atoms with Gasteiger partial charge in [-0.15, -0.1) is 0 Å². The topological polar surface area (TPSA) is 273 Å². The maximum atomic E-state index is 13.7. The molecule has 4 aliphatic rings. The third-order valence-electron chi connectivity index (χ3n) is 11.3. The van der Waals surface area contributed by atoms with Gasteiger partial charge in [-0.2, -0.15) is 0 Å². The van der Waals surface area contributed by atoms with E-state index in [-0.39, 0.29) is 79.4 Å². The Kier molecular flexibility index (Phi) is 20.8. The Morgan fingerprint density at radius 3 is 2.34 bits per heavy atom. The van der Waals surface area contributed by atoms with Crippen LogP contribution in [-0.4, -0.2) is 160 Å². The van der Waals surface area contributed by atoms with E-state index >= 15 is 0 Å². The number of nitrogens with one attached hydrogen (secondary N) is 1. The van der Waals surface area contributed by atoms with Gasteiger partial charge in [0, 0.05) is 61.9 Å². The minimum Gasteiger partial charge on any atom is -0.479 e. The summed E-state index contributed by atoms with van der Waals surface area (Å²) in [7, 11) is 5.46. The Labute approximate surface area is 431 Å². The van der Waals surface area contributed by atoms with Gasteiger partial charge in [0.1, 0.15) is 24.6 Å². The van der Waals surface area contributed by atoms with E-state index in [4.69, 9.17) is 37.9 Å². The van der Waals surface area contributed by atoms with Crippen LogP contribution in [0.1, 0.15) is 79.2 Å². The third-order valence-corrected chi connectivity index (χ3v) is 14.5. The SMILES string of the molecule is CCN(CN(C)C(=O)CC(C)(C)SSC/C=C1\C2=C(NC(=O)OC)C(=O)C[C@@]1(O)C#C/C=C\C#C[C@@H]2O[C@H]1C[C@@H](O)C[C@@H](C)O1)C(=O)OCc1ccc(O[C@H]2C[C@@H](OC(C)=O)[C@H](OC(C)=O)[C@@H](C(=O)O)O2)cc1. The number of ether oxygens (including phenoxy) is 8. The molecule has 0 unspecified atom stereocenters. The summed E-state index contributed by atoms with van der Waals surface area (Å²) in [6.45, 7) is 9.51. The quantitative estimate of drug-likeness (QED) is 0.0378. The van der Waals surface area contributed by atoms with Crippen molar-refractivity contribution in [3.05, 3.63) is 64.9 Å². The standard InChI is InChI=1S/C50H61N3O18S2/c1-9-53(48(62)65-27-32-15-17-34(18-16-32)69-41-24-38(67-30(3)54)44(68-31(4)55)45(71-41)46(59)60)28-52(7)39(58)26-49(5,6)73-72-21-19-35-42-37(70-40-23-33(56)22-29(2)66-40)14-12-10-11-13-20-50(35,63)25-36(57)43(42)51-47(61)64-8/h10-11,15-19,29,33,37-38,40-41,44-45,56,63H,9,21-28H2,1-8H3,(H,51,61)(H,59,60)/b11-10-,35-19+/t29-,33+,37+,38-,40+,41-,44+,45+,50+/m1/s1. The number of aliphatic carboxylic acids is 1. The molecule has 1 aromatic rings. The van der Waals surface area contributed by atoms with Crippen molar-refractivity contribution in [2.45, 2.75) is 140 Å². The Balaban J connectivity index is 1.18. The number of methoxy groups -OCH3 is 1. The molecule has 4 N–H and O–H groups in total. The summed E-state index contributed by atoms with van der Waals surface area (Å²) < 4.78 is 43.7. The number of nitrogens with zero attached hydrogens (tertiary/aromatic N) is 2. The van der Waals surface area contributed by atoms with Crippen LogP contribution >= 0.6 is 21.6 Å². The summed E-state index contributed by atoms with van der Waals surface area (Å²) in [6.07, 6.45) is -5.82. The molecule has 2 saturated heterocycles. The van der Waals surface area contributed by atoms with Crippen molar-refractivity contribution in [1.29, 1.82) is 0 Å². The Bertz CT molecular complexity index is 2450. The van der Waals surface area contributed by atoms with Gasteiger partial charge in [0.25, 0.3) is 0 Å². The summed E-state index contributed by atoms with van der Waals surface area (Å²) in [4.78, 5) is 91.3. The zero-order chi connectivity index (χ0) is 53.6. The number of benzene rings is 1. The normalized spacial score (nSPS) is 26.6. The first-order chi connectivity index (χ1) is 34.5. The zero-order valence-corrected chi connectivity index (χ0v) is 43.3. The Morgan fingerprint density at radius 2 is 1.70 bits per heavy atom.